The number of nitrogens with one attached hydrogen (secondary N) is 1. The lowest BCUT2D eigenvalue weighted by Gasteiger charge is -2.22. The fraction of sp³-hybridized carbons (Fsp3) is 0.429. The molecule has 2 N–H and O–H groups in total. The zero-order valence-electron chi connectivity index (χ0n) is 7.16. The third kappa shape index (κ3) is 1.71. The maximum atomic E-state index is 10.9. The number of rotatable bonds is 5. The second-order valence-electron chi connectivity index (χ2n) is 2.43. The van der Waals surface area contributed by atoms with E-state index in [-0.39, 0.29) is 6.41 Å². The van der Waals surface area contributed by atoms with Gasteiger partial charge in [0.2, 0.25) is 6.41 Å². The molecule has 0 heterocycles. The second kappa shape index (κ2) is 3.79. The molecule has 0 saturated carbocycles. The maximum absolute atomic E-state index is 10.9. The zero-order valence-corrected chi connectivity index (χ0v) is 7.16. The smallest absolute Gasteiger partial charge is 0.345 e. The molecule has 6 nitrogen and oxygen atoms in total. The molecule has 0 aromatic rings. The number of carbonyl (C=O) groups is 4. The van der Waals surface area contributed by atoms with E-state index < -0.39 is 23.1 Å². The highest BCUT2D eigenvalue weighted by Gasteiger charge is 2.48. The monoisotopic (exact) mass is 187 g/mol. The van der Waals surface area contributed by atoms with Gasteiger partial charge in [-0.1, -0.05) is 0 Å². The summed E-state index contributed by atoms with van der Waals surface area (Å²) in [5.41, 5.74) is -2.43. The number of ketones is 2. The predicted molar refractivity (Wildman–Crippen MR) is 40.9 cm³/mol. The van der Waals surface area contributed by atoms with Gasteiger partial charge in [0.1, 0.15) is 0 Å². The molecule has 6 heteroatoms. The summed E-state index contributed by atoms with van der Waals surface area (Å²) in [6.45, 7) is 1.85. The van der Waals surface area contributed by atoms with Crippen molar-refractivity contribution in [2.75, 3.05) is 0 Å². The molecule has 0 unspecified atom stereocenters. The van der Waals surface area contributed by atoms with Gasteiger partial charge < -0.3 is 10.4 Å². The van der Waals surface area contributed by atoms with Crippen molar-refractivity contribution in [3.63, 3.8) is 0 Å². The Morgan fingerprint density at radius 1 is 1.23 bits per heavy atom. The molecule has 72 valence electrons. The molecule has 0 aromatic carbocycles. The Hall–Kier alpha value is -1.72. The number of Topliss-reactive ketones (excluding diaryl/α,β-unsaturated/α-hetero) is 2. The molecular weight excluding hydrogens is 178 g/mol. The molecule has 0 radical (unpaired) electrons. The van der Waals surface area contributed by atoms with E-state index in [4.69, 9.17) is 5.11 Å². The lowest BCUT2D eigenvalue weighted by atomic mass is 9.91. The number of carboxylic acids is 1. The van der Waals surface area contributed by atoms with Crippen molar-refractivity contribution in [1.82, 2.24) is 5.32 Å². The molecule has 0 rings (SSSR count). The quantitative estimate of drug-likeness (QED) is 0.413. The summed E-state index contributed by atoms with van der Waals surface area (Å²) in [7, 11) is 0. The summed E-state index contributed by atoms with van der Waals surface area (Å²) in [4.78, 5) is 42.5. The molecule has 1 amide bonds. The van der Waals surface area contributed by atoms with Crippen molar-refractivity contribution >= 4 is 23.9 Å². The van der Waals surface area contributed by atoms with Gasteiger partial charge in [-0.05, 0) is 13.8 Å². The predicted octanol–water partition coefficient (Wildman–Crippen LogP) is -1.27. The number of aliphatic carboxylic acids is 1. The normalized spacial score (nSPS) is 10.3. The first-order chi connectivity index (χ1) is 5.89. The van der Waals surface area contributed by atoms with Crippen LogP contribution in [0.3, 0.4) is 0 Å². The highest BCUT2D eigenvalue weighted by Crippen LogP contribution is 2.07. The van der Waals surface area contributed by atoms with Crippen LogP contribution < -0.4 is 5.32 Å². The fourth-order valence-electron chi connectivity index (χ4n) is 0.902. The van der Waals surface area contributed by atoms with Crippen LogP contribution in [0.2, 0.25) is 0 Å². The van der Waals surface area contributed by atoms with Crippen LogP contribution in [0.25, 0.3) is 0 Å². The van der Waals surface area contributed by atoms with Crippen molar-refractivity contribution < 1.29 is 24.3 Å². The lowest BCUT2D eigenvalue weighted by molar-refractivity contribution is -0.154. The first-order valence-corrected chi connectivity index (χ1v) is 3.36. The van der Waals surface area contributed by atoms with Crippen LogP contribution >= 0.6 is 0 Å². The summed E-state index contributed by atoms with van der Waals surface area (Å²) in [6, 6.07) is 0. The van der Waals surface area contributed by atoms with Crippen LogP contribution in [0, 0.1) is 0 Å². The minimum Gasteiger partial charge on any atom is -0.479 e. The Labute approximate surface area is 73.9 Å². The van der Waals surface area contributed by atoms with Gasteiger partial charge in [0.25, 0.3) is 5.54 Å². The Morgan fingerprint density at radius 2 is 1.62 bits per heavy atom. The van der Waals surface area contributed by atoms with Crippen LogP contribution in [0.5, 0.6) is 0 Å². The molecule has 0 aromatic heterocycles. The topological polar surface area (TPSA) is 101 Å². The largest absolute Gasteiger partial charge is 0.479 e. The van der Waals surface area contributed by atoms with Gasteiger partial charge in [0.15, 0.2) is 11.6 Å². The molecule has 0 aliphatic heterocycles. The first-order valence-electron chi connectivity index (χ1n) is 3.36. The van der Waals surface area contributed by atoms with E-state index in [1.807, 2.05) is 0 Å². The van der Waals surface area contributed by atoms with E-state index in [0.717, 1.165) is 13.8 Å². The van der Waals surface area contributed by atoms with Crippen molar-refractivity contribution in [3.05, 3.63) is 0 Å². The van der Waals surface area contributed by atoms with Crippen LogP contribution in [0.15, 0.2) is 0 Å². The SMILES string of the molecule is CC(=O)C(NC=O)(C(C)=O)C(=O)O. The Balaban J connectivity index is 5.29. The molecule has 0 atom stereocenters. The fourth-order valence-corrected chi connectivity index (χ4v) is 0.902. The van der Waals surface area contributed by atoms with Crippen LogP contribution in [-0.2, 0) is 19.2 Å². The van der Waals surface area contributed by atoms with Gasteiger partial charge in [-0.3, -0.25) is 14.4 Å². The van der Waals surface area contributed by atoms with E-state index in [2.05, 4.69) is 0 Å². The van der Waals surface area contributed by atoms with Gasteiger partial charge in [0.05, 0.1) is 0 Å². The van der Waals surface area contributed by atoms with Crippen LogP contribution in [0.4, 0.5) is 0 Å². The summed E-state index contributed by atoms with van der Waals surface area (Å²) in [5, 5.41) is 10.3. The zero-order chi connectivity index (χ0) is 10.6. The molecule has 0 fully saturated rings. The van der Waals surface area contributed by atoms with Crippen molar-refractivity contribution in [3.8, 4) is 0 Å². The van der Waals surface area contributed by atoms with Crippen molar-refractivity contribution in [2.45, 2.75) is 19.4 Å². The third-order valence-electron chi connectivity index (χ3n) is 1.65. The highest BCUT2D eigenvalue weighted by atomic mass is 16.4. The highest BCUT2D eigenvalue weighted by molar-refractivity contribution is 6.26. The van der Waals surface area contributed by atoms with Gasteiger partial charge in [-0.25, -0.2) is 4.79 Å². The summed E-state index contributed by atoms with van der Waals surface area (Å²) in [5.74, 6) is -3.54. The molecule has 0 bridgehead atoms. The summed E-state index contributed by atoms with van der Waals surface area (Å²) in [6.07, 6.45) is 0.0108. The number of carboxylic acid groups (broad SMARTS) is 1. The lowest BCUT2D eigenvalue weighted by Crippen LogP contribution is -2.61. The molecule has 0 spiro atoms. The molecule has 0 aliphatic rings. The summed E-state index contributed by atoms with van der Waals surface area (Å²) < 4.78 is 0. The number of amides is 1. The van der Waals surface area contributed by atoms with Crippen molar-refractivity contribution in [1.29, 1.82) is 0 Å². The van der Waals surface area contributed by atoms with Gasteiger partial charge in [-0.2, -0.15) is 0 Å². The third-order valence-corrected chi connectivity index (χ3v) is 1.65. The molecule has 0 aliphatic carbocycles. The van der Waals surface area contributed by atoms with Gasteiger partial charge in [-0.15, -0.1) is 0 Å². The van der Waals surface area contributed by atoms with Gasteiger partial charge >= 0.3 is 5.97 Å². The Morgan fingerprint density at radius 3 is 1.69 bits per heavy atom. The second-order valence-corrected chi connectivity index (χ2v) is 2.43. The standard InChI is InChI=1S/C7H9NO5/c1-4(10)7(5(2)11,6(12)13)8-3-9/h3H,1-2H3,(H,8,9)(H,12,13). The Bertz CT molecular complexity index is 234. The van der Waals surface area contributed by atoms with E-state index in [1.165, 1.54) is 0 Å². The maximum Gasteiger partial charge on any atom is 0.345 e. The van der Waals surface area contributed by atoms with Crippen molar-refractivity contribution in [2.24, 2.45) is 0 Å². The van der Waals surface area contributed by atoms with Crippen LogP contribution in [-0.4, -0.2) is 34.6 Å². The van der Waals surface area contributed by atoms with E-state index in [1.54, 1.807) is 5.32 Å². The van der Waals surface area contributed by atoms with E-state index in [9.17, 15) is 19.2 Å². The molecular formula is C7H9NO5. The average Bonchev–Trinajstić information content (AvgIpc) is 1.97. The average molecular weight is 187 g/mol. The Kier molecular flexibility index (Phi) is 3.29. The number of hydrogen-bond donors (Lipinski definition) is 2. The first kappa shape index (κ1) is 11.3. The summed E-state index contributed by atoms with van der Waals surface area (Å²) >= 11 is 0. The number of hydrogen-bond acceptors (Lipinski definition) is 4. The molecule has 13 heavy (non-hydrogen) atoms. The number of carbonyl (C=O) groups excluding carboxylic acids is 3. The molecule has 0 saturated heterocycles. The van der Waals surface area contributed by atoms with E-state index >= 15 is 0 Å². The van der Waals surface area contributed by atoms with E-state index in [0.29, 0.717) is 0 Å². The minimum absolute atomic E-state index is 0.0108. The minimum atomic E-state index is -2.43. The van der Waals surface area contributed by atoms with Gasteiger partial charge in [0, 0.05) is 0 Å². The van der Waals surface area contributed by atoms with Crippen LogP contribution in [0.1, 0.15) is 13.8 Å².